The molecular formula is C10H15NO3. The summed E-state index contributed by atoms with van der Waals surface area (Å²) in [5.74, 6) is 0.627. The van der Waals surface area contributed by atoms with Crippen molar-refractivity contribution < 1.29 is 14.9 Å². The van der Waals surface area contributed by atoms with Crippen LogP contribution in [0.5, 0.6) is 5.75 Å². The summed E-state index contributed by atoms with van der Waals surface area (Å²) in [5.41, 5.74) is 6.21. The minimum atomic E-state index is -1.54. The Hall–Kier alpha value is -1.26. The highest BCUT2D eigenvalue weighted by atomic mass is 16.5. The number of rotatable bonds is 3. The molecule has 1 aromatic carbocycles. The molecule has 0 aliphatic carbocycles. The maximum atomic E-state index is 8.91. The van der Waals surface area contributed by atoms with Gasteiger partial charge in [-0.3, -0.25) is 0 Å². The van der Waals surface area contributed by atoms with Gasteiger partial charge in [-0.2, -0.15) is 0 Å². The van der Waals surface area contributed by atoms with Gasteiger partial charge in [-0.1, -0.05) is 0 Å². The largest absolute Gasteiger partial charge is 0.491 e. The second-order valence-electron chi connectivity index (χ2n) is 3.33. The van der Waals surface area contributed by atoms with Crippen molar-refractivity contribution in [2.45, 2.75) is 26.2 Å². The standard InChI is InChI=1S/C10H15NO3/c1-6(2)14-7-3-4-8(10(12)13)9(11)5-7/h3-6,10,12-13H,11H2,1-2H3. The second-order valence-corrected chi connectivity index (χ2v) is 3.33. The van der Waals surface area contributed by atoms with Crippen molar-refractivity contribution in [2.24, 2.45) is 0 Å². The molecule has 0 atom stereocenters. The van der Waals surface area contributed by atoms with Crippen LogP contribution < -0.4 is 10.5 Å². The first-order valence-electron chi connectivity index (χ1n) is 4.43. The van der Waals surface area contributed by atoms with Gasteiger partial charge in [0.2, 0.25) is 0 Å². The summed E-state index contributed by atoms with van der Waals surface area (Å²) >= 11 is 0. The van der Waals surface area contributed by atoms with Gasteiger partial charge in [0.15, 0.2) is 6.29 Å². The second kappa shape index (κ2) is 4.30. The molecule has 0 aliphatic heterocycles. The van der Waals surface area contributed by atoms with E-state index in [0.717, 1.165) is 0 Å². The molecule has 0 spiro atoms. The van der Waals surface area contributed by atoms with Gasteiger partial charge in [-0.05, 0) is 26.0 Å². The van der Waals surface area contributed by atoms with Crippen molar-refractivity contribution in [3.05, 3.63) is 23.8 Å². The molecule has 0 aliphatic rings. The Bertz CT molecular complexity index is 310. The van der Waals surface area contributed by atoms with Gasteiger partial charge in [0.05, 0.1) is 6.10 Å². The SMILES string of the molecule is CC(C)Oc1ccc(C(O)O)c(N)c1. The molecule has 0 fully saturated rings. The van der Waals surface area contributed by atoms with Crippen molar-refractivity contribution >= 4 is 5.69 Å². The van der Waals surface area contributed by atoms with Crippen molar-refractivity contribution in [1.29, 1.82) is 0 Å². The van der Waals surface area contributed by atoms with Crippen LogP contribution in [0.1, 0.15) is 25.7 Å². The van der Waals surface area contributed by atoms with Crippen LogP contribution in [0.4, 0.5) is 5.69 Å². The van der Waals surface area contributed by atoms with E-state index in [2.05, 4.69) is 0 Å². The molecule has 0 aromatic heterocycles. The highest BCUT2D eigenvalue weighted by Gasteiger charge is 2.08. The Kier molecular flexibility index (Phi) is 3.33. The van der Waals surface area contributed by atoms with E-state index in [9.17, 15) is 0 Å². The normalized spacial score (nSPS) is 11.0. The number of nitrogen functional groups attached to an aromatic ring is 1. The highest BCUT2D eigenvalue weighted by molar-refractivity contribution is 5.51. The van der Waals surface area contributed by atoms with E-state index in [1.54, 1.807) is 12.1 Å². The van der Waals surface area contributed by atoms with Crippen LogP contribution in [0.2, 0.25) is 0 Å². The summed E-state index contributed by atoms with van der Waals surface area (Å²) in [7, 11) is 0. The number of aliphatic hydroxyl groups excluding tert-OH is 1. The monoisotopic (exact) mass is 197 g/mol. The van der Waals surface area contributed by atoms with Gasteiger partial charge >= 0.3 is 0 Å². The number of anilines is 1. The van der Waals surface area contributed by atoms with Gasteiger partial charge in [0.25, 0.3) is 0 Å². The number of hydrogen-bond donors (Lipinski definition) is 3. The molecule has 4 N–H and O–H groups in total. The van der Waals surface area contributed by atoms with Gasteiger partial charge in [0.1, 0.15) is 5.75 Å². The Morgan fingerprint density at radius 2 is 1.93 bits per heavy atom. The van der Waals surface area contributed by atoms with Crippen LogP contribution in [-0.4, -0.2) is 16.3 Å². The third-order valence-corrected chi connectivity index (χ3v) is 1.71. The maximum absolute atomic E-state index is 8.91. The maximum Gasteiger partial charge on any atom is 0.180 e. The summed E-state index contributed by atoms with van der Waals surface area (Å²) in [5, 5.41) is 17.8. The van der Waals surface area contributed by atoms with E-state index in [4.69, 9.17) is 20.7 Å². The Morgan fingerprint density at radius 3 is 2.36 bits per heavy atom. The smallest absolute Gasteiger partial charge is 0.180 e. The van der Waals surface area contributed by atoms with Crippen molar-refractivity contribution in [2.75, 3.05) is 5.73 Å². The highest BCUT2D eigenvalue weighted by Crippen LogP contribution is 2.24. The van der Waals surface area contributed by atoms with Crippen molar-refractivity contribution in [3.8, 4) is 5.75 Å². The molecule has 0 saturated heterocycles. The fraction of sp³-hybridized carbons (Fsp3) is 0.400. The van der Waals surface area contributed by atoms with Crippen LogP contribution in [0.3, 0.4) is 0 Å². The summed E-state index contributed by atoms with van der Waals surface area (Å²) in [6.45, 7) is 3.82. The molecule has 4 heteroatoms. The summed E-state index contributed by atoms with van der Waals surface area (Å²) < 4.78 is 5.39. The lowest BCUT2D eigenvalue weighted by atomic mass is 10.1. The third-order valence-electron chi connectivity index (χ3n) is 1.71. The number of aliphatic hydroxyl groups is 2. The molecular weight excluding hydrogens is 182 g/mol. The Morgan fingerprint density at radius 1 is 1.29 bits per heavy atom. The third kappa shape index (κ3) is 2.61. The predicted molar refractivity (Wildman–Crippen MR) is 53.8 cm³/mol. The minimum Gasteiger partial charge on any atom is -0.491 e. The minimum absolute atomic E-state index is 0.0688. The van der Waals surface area contributed by atoms with Crippen molar-refractivity contribution in [1.82, 2.24) is 0 Å². The van der Waals surface area contributed by atoms with E-state index >= 15 is 0 Å². The molecule has 14 heavy (non-hydrogen) atoms. The van der Waals surface area contributed by atoms with Crippen LogP contribution in [0.15, 0.2) is 18.2 Å². The number of nitrogens with two attached hydrogens (primary N) is 1. The first kappa shape index (κ1) is 10.8. The van der Waals surface area contributed by atoms with Crippen LogP contribution in [0, 0.1) is 0 Å². The van der Waals surface area contributed by atoms with E-state index < -0.39 is 6.29 Å². The molecule has 0 unspecified atom stereocenters. The number of benzene rings is 1. The molecule has 0 heterocycles. The Balaban J connectivity index is 2.89. The summed E-state index contributed by atoms with van der Waals surface area (Å²) in [6, 6.07) is 4.78. The molecule has 0 bridgehead atoms. The number of hydrogen-bond acceptors (Lipinski definition) is 4. The average molecular weight is 197 g/mol. The average Bonchev–Trinajstić information content (AvgIpc) is 2.01. The fourth-order valence-corrected chi connectivity index (χ4v) is 1.13. The zero-order valence-electron chi connectivity index (χ0n) is 8.27. The Labute approximate surface area is 82.9 Å². The molecule has 78 valence electrons. The van der Waals surface area contributed by atoms with E-state index in [1.165, 1.54) is 6.07 Å². The lowest BCUT2D eigenvalue weighted by molar-refractivity contribution is -0.0418. The summed E-state index contributed by atoms with van der Waals surface area (Å²) in [6.07, 6.45) is -1.47. The molecule has 4 nitrogen and oxygen atoms in total. The van der Waals surface area contributed by atoms with Gasteiger partial charge in [-0.25, -0.2) is 0 Å². The zero-order chi connectivity index (χ0) is 10.7. The summed E-state index contributed by atoms with van der Waals surface area (Å²) in [4.78, 5) is 0. The fourth-order valence-electron chi connectivity index (χ4n) is 1.13. The quantitative estimate of drug-likeness (QED) is 0.500. The molecule has 1 rings (SSSR count). The lowest BCUT2D eigenvalue weighted by Gasteiger charge is -2.12. The first-order chi connectivity index (χ1) is 6.50. The van der Waals surface area contributed by atoms with E-state index in [0.29, 0.717) is 17.0 Å². The zero-order valence-corrected chi connectivity index (χ0v) is 8.27. The molecule has 0 amide bonds. The van der Waals surface area contributed by atoms with Gasteiger partial charge in [-0.15, -0.1) is 0 Å². The van der Waals surface area contributed by atoms with E-state index in [-0.39, 0.29) is 6.10 Å². The number of ether oxygens (including phenoxy) is 1. The molecule has 0 saturated carbocycles. The van der Waals surface area contributed by atoms with Crippen LogP contribution >= 0.6 is 0 Å². The topological polar surface area (TPSA) is 75.7 Å². The lowest BCUT2D eigenvalue weighted by Crippen LogP contribution is -2.07. The molecule has 0 radical (unpaired) electrons. The first-order valence-corrected chi connectivity index (χ1v) is 4.43. The van der Waals surface area contributed by atoms with Crippen molar-refractivity contribution in [3.63, 3.8) is 0 Å². The predicted octanol–water partition coefficient (Wildman–Crippen LogP) is 1.04. The van der Waals surface area contributed by atoms with Crippen LogP contribution in [0.25, 0.3) is 0 Å². The van der Waals surface area contributed by atoms with Crippen LogP contribution in [-0.2, 0) is 0 Å². The van der Waals surface area contributed by atoms with Gasteiger partial charge in [0, 0.05) is 17.3 Å². The molecule has 1 aromatic rings. The van der Waals surface area contributed by atoms with Gasteiger partial charge < -0.3 is 20.7 Å². The van der Waals surface area contributed by atoms with E-state index in [1.807, 2.05) is 13.8 Å².